The van der Waals surface area contributed by atoms with Crippen LogP contribution < -0.4 is 15.8 Å². The van der Waals surface area contributed by atoms with Gasteiger partial charge in [-0.3, -0.25) is 9.59 Å². The Bertz CT molecular complexity index is 1050. The van der Waals surface area contributed by atoms with Crippen LogP contribution in [0.15, 0.2) is 29.1 Å². The molecule has 6 nitrogen and oxygen atoms in total. The van der Waals surface area contributed by atoms with Crippen LogP contribution in [0.3, 0.4) is 0 Å². The van der Waals surface area contributed by atoms with Gasteiger partial charge in [-0.2, -0.15) is 0 Å². The zero-order valence-electron chi connectivity index (χ0n) is 15.5. The number of anilines is 2. The molecule has 0 saturated carbocycles. The summed E-state index contributed by atoms with van der Waals surface area (Å²) >= 11 is 1.62. The van der Waals surface area contributed by atoms with Gasteiger partial charge in [-0.15, -0.1) is 11.3 Å². The Balaban J connectivity index is 1.42. The molecule has 0 unspecified atom stereocenters. The standard InChI is InChI=1S/C20H22N4O2S/c1-24(2)13-8-6-12(7-9-13)21-17(25)11-10-16-22-19(26)18-14-4-3-5-15(14)27-20(18)23-16/h6-9H,3-5,10-11H2,1-2H3,(H,21,25)(H,22,23,26). The third-order valence-electron chi connectivity index (χ3n) is 4.88. The third kappa shape index (κ3) is 3.60. The Labute approximate surface area is 161 Å². The van der Waals surface area contributed by atoms with E-state index in [2.05, 4.69) is 15.3 Å². The van der Waals surface area contributed by atoms with Crippen molar-refractivity contribution in [3.63, 3.8) is 0 Å². The highest BCUT2D eigenvalue weighted by molar-refractivity contribution is 7.18. The van der Waals surface area contributed by atoms with Crippen LogP contribution in [0.4, 0.5) is 11.4 Å². The molecule has 140 valence electrons. The number of carbonyl (C=O) groups excluding carboxylic acids is 1. The number of hydrogen-bond donors (Lipinski definition) is 2. The molecular weight excluding hydrogens is 360 g/mol. The molecule has 7 heteroatoms. The van der Waals surface area contributed by atoms with E-state index in [4.69, 9.17) is 0 Å². The molecule has 2 aromatic heterocycles. The smallest absolute Gasteiger partial charge is 0.259 e. The average Bonchev–Trinajstić information content (AvgIpc) is 3.21. The topological polar surface area (TPSA) is 78.1 Å². The van der Waals surface area contributed by atoms with Crippen LogP contribution in [0.25, 0.3) is 10.2 Å². The van der Waals surface area contributed by atoms with Gasteiger partial charge in [0.1, 0.15) is 10.7 Å². The van der Waals surface area contributed by atoms with Crippen LogP contribution in [0, 0.1) is 0 Å². The van der Waals surface area contributed by atoms with Gasteiger partial charge in [-0.05, 0) is 49.1 Å². The number of nitrogens with one attached hydrogen (secondary N) is 2. The van der Waals surface area contributed by atoms with Crippen molar-refractivity contribution < 1.29 is 4.79 Å². The minimum atomic E-state index is -0.0935. The van der Waals surface area contributed by atoms with Crippen molar-refractivity contribution >= 4 is 38.8 Å². The average molecular weight is 382 g/mol. The summed E-state index contributed by atoms with van der Waals surface area (Å²) in [7, 11) is 3.95. The minimum Gasteiger partial charge on any atom is -0.378 e. The molecule has 1 aromatic carbocycles. The van der Waals surface area contributed by atoms with Crippen molar-refractivity contribution in [2.24, 2.45) is 0 Å². The van der Waals surface area contributed by atoms with Crippen molar-refractivity contribution in [3.05, 3.63) is 50.9 Å². The van der Waals surface area contributed by atoms with Crippen LogP contribution in [0.5, 0.6) is 0 Å². The SMILES string of the molecule is CN(C)c1ccc(NC(=O)CCc2nc3sc4c(c3c(=O)[nH]2)CCC4)cc1. The number of aromatic amines is 1. The first-order valence-corrected chi connectivity index (χ1v) is 9.93. The van der Waals surface area contributed by atoms with Gasteiger partial charge in [-0.1, -0.05) is 0 Å². The summed E-state index contributed by atoms with van der Waals surface area (Å²) in [6, 6.07) is 7.68. The summed E-state index contributed by atoms with van der Waals surface area (Å²) in [4.78, 5) is 36.2. The first-order chi connectivity index (χ1) is 13.0. The number of H-pyrrole nitrogens is 1. The van der Waals surface area contributed by atoms with Crippen LogP contribution in [-0.4, -0.2) is 30.0 Å². The quantitative estimate of drug-likeness (QED) is 0.711. The van der Waals surface area contributed by atoms with Gasteiger partial charge < -0.3 is 15.2 Å². The molecule has 0 atom stereocenters. The van der Waals surface area contributed by atoms with E-state index in [0.29, 0.717) is 12.2 Å². The molecule has 0 aliphatic heterocycles. The van der Waals surface area contributed by atoms with Gasteiger partial charge in [0.15, 0.2) is 0 Å². The lowest BCUT2D eigenvalue weighted by molar-refractivity contribution is -0.116. The van der Waals surface area contributed by atoms with E-state index < -0.39 is 0 Å². The first-order valence-electron chi connectivity index (χ1n) is 9.12. The molecule has 4 rings (SSSR count). The molecule has 0 bridgehead atoms. The highest BCUT2D eigenvalue weighted by atomic mass is 32.1. The van der Waals surface area contributed by atoms with Crippen LogP contribution >= 0.6 is 11.3 Å². The van der Waals surface area contributed by atoms with Gasteiger partial charge >= 0.3 is 0 Å². The molecule has 1 amide bonds. The number of thiophene rings is 1. The zero-order valence-corrected chi connectivity index (χ0v) is 16.3. The molecule has 1 aliphatic rings. The Morgan fingerprint density at radius 3 is 2.78 bits per heavy atom. The van der Waals surface area contributed by atoms with E-state index in [-0.39, 0.29) is 17.9 Å². The van der Waals surface area contributed by atoms with E-state index in [0.717, 1.165) is 40.9 Å². The minimum absolute atomic E-state index is 0.0749. The highest BCUT2D eigenvalue weighted by Gasteiger charge is 2.21. The summed E-state index contributed by atoms with van der Waals surface area (Å²) in [6.07, 6.45) is 3.81. The van der Waals surface area contributed by atoms with Gasteiger partial charge in [0.05, 0.1) is 5.39 Å². The molecular formula is C20H22N4O2S. The van der Waals surface area contributed by atoms with Crippen molar-refractivity contribution in [3.8, 4) is 0 Å². The maximum atomic E-state index is 12.4. The lowest BCUT2D eigenvalue weighted by Gasteiger charge is -2.13. The second-order valence-electron chi connectivity index (χ2n) is 7.04. The molecule has 0 spiro atoms. The molecule has 0 saturated heterocycles. The van der Waals surface area contributed by atoms with Gasteiger partial charge in [0.2, 0.25) is 5.91 Å². The largest absolute Gasteiger partial charge is 0.378 e. The first kappa shape index (κ1) is 17.7. The maximum Gasteiger partial charge on any atom is 0.259 e. The van der Waals surface area contributed by atoms with Crippen LogP contribution in [0.2, 0.25) is 0 Å². The molecule has 3 aromatic rings. The fourth-order valence-corrected chi connectivity index (χ4v) is 4.74. The Morgan fingerprint density at radius 2 is 2.04 bits per heavy atom. The van der Waals surface area contributed by atoms with E-state index in [1.165, 1.54) is 10.4 Å². The molecule has 0 fully saturated rings. The fourth-order valence-electron chi connectivity index (χ4n) is 3.46. The Hall–Kier alpha value is -2.67. The number of aromatic nitrogens is 2. The van der Waals surface area contributed by atoms with E-state index >= 15 is 0 Å². The van der Waals surface area contributed by atoms with Gasteiger partial charge in [0, 0.05) is 43.2 Å². The number of benzene rings is 1. The molecule has 0 radical (unpaired) electrons. The number of carbonyl (C=O) groups is 1. The summed E-state index contributed by atoms with van der Waals surface area (Å²) < 4.78 is 0. The number of nitrogens with zero attached hydrogens (tertiary/aromatic N) is 2. The summed E-state index contributed by atoms with van der Waals surface area (Å²) in [5.74, 6) is 0.481. The molecule has 27 heavy (non-hydrogen) atoms. The number of aryl methyl sites for hydroxylation is 3. The van der Waals surface area contributed by atoms with Crippen molar-refractivity contribution in [1.82, 2.24) is 9.97 Å². The number of fused-ring (bicyclic) bond motifs is 3. The van der Waals surface area contributed by atoms with Gasteiger partial charge in [-0.25, -0.2) is 4.98 Å². The molecule has 2 heterocycles. The van der Waals surface area contributed by atoms with Crippen molar-refractivity contribution in [1.29, 1.82) is 0 Å². The van der Waals surface area contributed by atoms with Crippen LogP contribution in [-0.2, 0) is 24.1 Å². The monoisotopic (exact) mass is 382 g/mol. The third-order valence-corrected chi connectivity index (χ3v) is 6.07. The Kier molecular flexibility index (Phi) is 4.70. The van der Waals surface area contributed by atoms with Gasteiger partial charge in [0.25, 0.3) is 5.56 Å². The maximum absolute atomic E-state index is 12.4. The fraction of sp³-hybridized carbons (Fsp3) is 0.350. The number of hydrogen-bond acceptors (Lipinski definition) is 5. The summed E-state index contributed by atoms with van der Waals surface area (Å²) in [5.41, 5.74) is 2.94. The summed E-state index contributed by atoms with van der Waals surface area (Å²) in [6.45, 7) is 0. The second kappa shape index (κ2) is 7.15. The molecule has 2 N–H and O–H groups in total. The predicted octanol–water partition coefficient (Wildman–Crippen LogP) is 3.11. The van der Waals surface area contributed by atoms with Crippen LogP contribution in [0.1, 0.15) is 29.1 Å². The zero-order chi connectivity index (χ0) is 19.0. The van der Waals surface area contributed by atoms with Crippen molar-refractivity contribution in [2.75, 3.05) is 24.3 Å². The van der Waals surface area contributed by atoms with E-state index in [1.807, 2.05) is 43.3 Å². The number of rotatable bonds is 5. The summed E-state index contributed by atoms with van der Waals surface area (Å²) in [5, 5.41) is 3.64. The normalized spacial score (nSPS) is 13.0. The van der Waals surface area contributed by atoms with E-state index in [9.17, 15) is 9.59 Å². The highest BCUT2D eigenvalue weighted by Crippen LogP contribution is 2.34. The second-order valence-corrected chi connectivity index (χ2v) is 8.12. The lowest BCUT2D eigenvalue weighted by atomic mass is 10.2. The Morgan fingerprint density at radius 1 is 1.26 bits per heavy atom. The van der Waals surface area contributed by atoms with Crippen molar-refractivity contribution in [2.45, 2.75) is 32.1 Å². The molecule has 1 aliphatic carbocycles. The predicted molar refractivity (Wildman–Crippen MR) is 110 cm³/mol. The number of amides is 1. The van der Waals surface area contributed by atoms with E-state index in [1.54, 1.807) is 11.3 Å². The lowest BCUT2D eigenvalue weighted by Crippen LogP contribution is -2.16.